The molecule has 25 nitrogen and oxygen atoms in total. The zero-order valence-corrected chi connectivity index (χ0v) is 69.6. The summed E-state index contributed by atoms with van der Waals surface area (Å²) in [4.78, 5) is 2.48. The van der Waals surface area contributed by atoms with Gasteiger partial charge in [-0.25, -0.2) is 0 Å². The Morgan fingerprint density at radius 3 is 1.15 bits per heavy atom. The Bertz CT molecular complexity index is 4630. The van der Waals surface area contributed by atoms with Crippen molar-refractivity contribution in [2.24, 2.45) is 0 Å². The van der Waals surface area contributed by atoms with E-state index < -0.39 is 149 Å². The average Bonchev–Trinajstić information content (AvgIpc) is 1.40. The fraction of sp³-hybridized carbons (Fsp3) is 0.478. The molecule has 17 rings (SSSR count). The summed E-state index contributed by atoms with van der Waals surface area (Å²) in [5.41, 5.74) is 21.5. The van der Waals surface area contributed by atoms with Crippen LogP contribution in [0, 0.1) is 0 Å². The predicted molar refractivity (Wildman–Crippen MR) is 459 cm³/mol. The number of aliphatic hydroxyl groups is 16. The lowest BCUT2D eigenvalue weighted by atomic mass is 9.88. The first kappa shape index (κ1) is 89.2. The van der Waals surface area contributed by atoms with Gasteiger partial charge in [-0.3, -0.25) is 0 Å². The van der Waals surface area contributed by atoms with Gasteiger partial charge in [0.15, 0.2) is 0 Å². The number of hydrogen-bond donors (Lipinski definition) is 20. The van der Waals surface area contributed by atoms with Crippen molar-refractivity contribution in [1.29, 1.82) is 0 Å². The number of ether oxygens (including phenoxy) is 5. The lowest BCUT2D eigenvalue weighted by Crippen LogP contribution is -2.55. The normalized spacial score (nSPS) is 29.2. The number of thioether (sulfide) groups is 2. The van der Waals surface area contributed by atoms with E-state index in [0.717, 1.165) is 127 Å². The number of hydrogen-bond acceptors (Lipinski definition) is 27. The third-order valence-corrected chi connectivity index (χ3v) is 26.8. The fourth-order valence-electron chi connectivity index (χ4n) is 17.3. The van der Waals surface area contributed by atoms with Crippen LogP contribution in [0.3, 0.4) is 0 Å². The second-order valence-corrected chi connectivity index (χ2v) is 35.2. The molecular weight excluding hydrogens is 1600 g/mol. The molecule has 8 aliphatic heterocycles. The highest BCUT2D eigenvalue weighted by atomic mass is 35.5. The summed E-state index contributed by atoms with van der Waals surface area (Å²) < 4.78 is 28.4. The van der Waals surface area contributed by atoms with Crippen LogP contribution in [0.15, 0.2) is 155 Å². The van der Waals surface area contributed by atoms with Gasteiger partial charge in [0.05, 0.1) is 33.5 Å². The van der Waals surface area contributed by atoms with Gasteiger partial charge < -0.3 is 127 Å². The summed E-state index contributed by atoms with van der Waals surface area (Å²) in [6, 6.07) is 48.7. The van der Waals surface area contributed by atoms with Crippen molar-refractivity contribution in [2.45, 2.75) is 215 Å². The lowest BCUT2D eigenvalue weighted by molar-refractivity contribution is -0.231. The van der Waals surface area contributed by atoms with E-state index >= 15 is 0 Å². The summed E-state index contributed by atoms with van der Waals surface area (Å²) in [6.45, 7) is 4.25. The fourth-order valence-corrected chi connectivity index (χ4v) is 19.3. The Morgan fingerprint density at radius 2 is 0.725 bits per heavy atom. The number of anilines is 4. The maximum Gasteiger partial charge on any atom is 0.122 e. The third kappa shape index (κ3) is 20.5. The van der Waals surface area contributed by atoms with E-state index in [4.69, 9.17) is 35.3 Å². The van der Waals surface area contributed by atoms with E-state index in [0.29, 0.717) is 40.7 Å². The molecule has 8 heterocycles. The molecule has 0 aromatic heterocycles. The van der Waals surface area contributed by atoms with Crippen LogP contribution in [-0.4, -0.2) is 251 Å². The van der Waals surface area contributed by atoms with Crippen LogP contribution in [0.25, 0.3) is 0 Å². The molecule has 646 valence electrons. The van der Waals surface area contributed by atoms with Gasteiger partial charge in [-0.2, -0.15) is 0 Å². The Labute approximate surface area is 712 Å². The Morgan fingerprint density at radius 1 is 0.367 bits per heavy atom. The Hall–Kier alpha value is -7.05. The van der Waals surface area contributed by atoms with Gasteiger partial charge in [0.1, 0.15) is 128 Å². The monoisotopic (exact) mass is 1710 g/mol. The van der Waals surface area contributed by atoms with Gasteiger partial charge in [0.25, 0.3) is 0 Å². The average molecular weight is 1710 g/mol. The molecule has 28 heteroatoms. The van der Waals surface area contributed by atoms with Crippen molar-refractivity contribution in [1.82, 2.24) is 0 Å². The topological polar surface area (TPSA) is 418 Å². The number of aliphatic hydroxyl groups excluding tert-OH is 16. The zero-order valence-electron chi connectivity index (χ0n) is 67.2. The summed E-state index contributed by atoms with van der Waals surface area (Å²) >= 11 is 10.1. The minimum atomic E-state index is -1.41. The number of aryl methyl sites for hydroxylation is 3. The minimum absolute atomic E-state index is 0.420. The highest BCUT2D eigenvalue weighted by Gasteiger charge is 2.48. The van der Waals surface area contributed by atoms with Gasteiger partial charge in [-0.15, -0.1) is 23.5 Å². The number of fused-ring (bicyclic) bond motifs is 4. The van der Waals surface area contributed by atoms with Crippen molar-refractivity contribution >= 4 is 57.9 Å². The highest BCUT2D eigenvalue weighted by molar-refractivity contribution is 7.99. The summed E-state index contributed by atoms with van der Waals surface area (Å²) in [6.07, 6.45) is -12.6. The van der Waals surface area contributed by atoms with E-state index in [1.807, 2.05) is 59.9 Å². The molecule has 8 aromatic carbocycles. The van der Waals surface area contributed by atoms with Crippen molar-refractivity contribution in [2.75, 3.05) is 92.5 Å². The van der Waals surface area contributed by atoms with Gasteiger partial charge in [-0.05, 0) is 214 Å². The van der Waals surface area contributed by atoms with Gasteiger partial charge in [0, 0.05) is 81.7 Å². The second-order valence-electron chi connectivity index (χ2n) is 32.5. The van der Waals surface area contributed by atoms with E-state index in [1.54, 1.807) is 31.4 Å². The van der Waals surface area contributed by atoms with Crippen molar-refractivity contribution in [3.8, 4) is 5.75 Å². The van der Waals surface area contributed by atoms with Crippen LogP contribution in [0.2, 0.25) is 5.02 Å². The smallest absolute Gasteiger partial charge is 0.122 e. The number of benzene rings is 8. The molecule has 120 heavy (non-hydrogen) atoms. The molecule has 0 spiro atoms. The number of rotatable bonds is 19. The van der Waals surface area contributed by atoms with Gasteiger partial charge >= 0.3 is 0 Å². The summed E-state index contributed by atoms with van der Waals surface area (Å²) in [5, 5.41) is 175. The van der Waals surface area contributed by atoms with Crippen LogP contribution < -0.4 is 26.0 Å². The predicted octanol–water partition coefficient (Wildman–Crippen LogP) is 7.02. The molecule has 0 bridgehead atoms. The van der Waals surface area contributed by atoms with E-state index in [-0.39, 0.29) is 0 Å². The molecule has 0 amide bonds. The maximum atomic E-state index is 10.6. The second kappa shape index (κ2) is 40.7. The van der Waals surface area contributed by atoms with Crippen molar-refractivity contribution < 1.29 is 105 Å². The molecule has 0 radical (unpaired) electrons. The third-order valence-electron chi connectivity index (χ3n) is 24.3. The van der Waals surface area contributed by atoms with Crippen LogP contribution in [0.5, 0.6) is 5.75 Å². The number of methoxy groups -OCH3 is 1. The van der Waals surface area contributed by atoms with Gasteiger partial charge in [-0.1, -0.05) is 110 Å². The Balaban J connectivity index is 0.000000131. The van der Waals surface area contributed by atoms with Crippen LogP contribution >= 0.6 is 35.1 Å². The molecular formula is C92H113ClN4O21S2. The largest absolute Gasteiger partial charge is 0.496 e. The van der Waals surface area contributed by atoms with Crippen molar-refractivity contribution in [3.63, 3.8) is 0 Å². The molecule has 20 atom stereocenters. The Kier molecular flexibility index (Phi) is 30.3. The molecule has 1 aliphatic carbocycles. The van der Waals surface area contributed by atoms with Crippen LogP contribution in [0.4, 0.5) is 22.7 Å². The van der Waals surface area contributed by atoms with Crippen LogP contribution in [-0.2, 0) is 63.9 Å². The first-order valence-corrected chi connectivity index (χ1v) is 44.0. The van der Waals surface area contributed by atoms with Gasteiger partial charge in [0.2, 0.25) is 0 Å². The molecule has 20 N–H and O–H groups in total. The maximum absolute atomic E-state index is 10.6. The molecule has 8 aromatic rings. The van der Waals surface area contributed by atoms with Crippen molar-refractivity contribution in [3.05, 3.63) is 240 Å². The molecule has 9 aliphatic rings. The first-order chi connectivity index (χ1) is 58.0. The number of halogens is 1. The summed E-state index contributed by atoms with van der Waals surface area (Å²) in [7, 11) is 1.61. The molecule has 0 unspecified atom stereocenters. The highest BCUT2D eigenvalue weighted by Crippen LogP contribution is 2.46. The SMILES string of the molecule is CCc1ccc([C@@H]2O[C@H](CO)[C@@H](O)[C@H](O)[C@H]2O)cc1Cc1ccc2c(c1)NCCC2.COc1ccc([C@@H]2O[C@H](CO)[C@@H](O)[C@H](O)[C@H]2O)cc1Cc1ccc2c(c1)NCCS2.OC[C@H]1O[C@@H](c2ccc(C3CC3)c(Cc3ccc4c(c3)NCCC4)c2)[C@H](O)[C@@H](O)[C@@H]1O.OC[C@H]1O[C@@H](c2ccc(Cl)c(Cc3ccc4c(c3)NCCS4)c2)[C@H](O)[C@@H](O)[C@@H]1O. The zero-order chi connectivity index (χ0) is 84.6. The van der Waals surface area contributed by atoms with E-state index in [9.17, 15) is 81.7 Å². The molecule has 1 saturated carbocycles. The molecule has 5 fully saturated rings. The van der Waals surface area contributed by atoms with E-state index in [2.05, 4.69) is 113 Å². The quantitative estimate of drug-likeness (QED) is 0.0386. The molecule has 4 saturated heterocycles. The standard InChI is InChI=1S/C25H31NO5.C24H31NO5.C22H27NO6S.C21H24ClNO5S/c27-13-21-22(28)23(29)24(30)25(31-21)17-7-8-19(15-5-6-15)18(12-17)10-14-3-4-16-2-1-9-26-20(16)11-14;1-2-15-7-8-17(24-23(29)22(28)21(27)20(13-26)30-24)12-18(15)10-14-5-6-16-4-3-9-25-19(16)11-14;1-28-16-4-3-13(22-21(27)20(26)19(25)17(11-24)29-22)10-14(16)8-12-2-5-18-15(9-12)23-6-7-30-18;22-14-3-2-12(21-20(27)19(26)18(25)16(10-24)28-21)9-13(14)7-11-1-4-17-15(8-11)23-5-6-29-17/h3-4,7-8,11-12,15,21-30H,1-2,5-6,9-10,13H2;5-8,11-12,20-29H,2-4,9-10,13H2,1H3;2-5,9-10,17,19-27H,6-8,11H2,1H3;1-4,8-9,16,18-21,23-27H,5-7,10H2/t21-,22-,23+,24-,25+;20-,21-,22+,23-,24+;17-,19-,20+,21-,22+;16-,18-,19+,20-,21+/m1111/s1. The lowest BCUT2D eigenvalue weighted by Gasteiger charge is -2.40. The minimum Gasteiger partial charge on any atom is -0.496 e. The number of nitrogens with one attached hydrogen (secondary N) is 4. The summed E-state index contributed by atoms with van der Waals surface area (Å²) in [5.74, 6) is 3.40. The van der Waals surface area contributed by atoms with Crippen LogP contribution in [0.1, 0.15) is 152 Å². The first-order valence-electron chi connectivity index (χ1n) is 41.7. The van der Waals surface area contributed by atoms with E-state index in [1.165, 1.54) is 79.4 Å².